The van der Waals surface area contributed by atoms with Crippen LogP contribution in [0.25, 0.3) is 0 Å². The first kappa shape index (κ1) is 21.8. The van der Waals surface area contributed by atoms with Gasteiger partial charge in [0.15, 0.2) is 0 Å². The fraction of sp³-hybridized carbons (Fsp3) is 0.370. The Morgan fingerprint density at radius 2 is 1.94 bits per heavy atom. The Balaban J connectivity index is 1.55. The van der Waals surface area contributed by atoms with Crippen molar-refractivity contribution in [1.82, 2.24) is 15.3 Å². The molecule has 0 bridgehead atoms. The maximum Gasteiger partial charge on any atom is 0.110 e. The number of nitrogens with zero attached hydrogens (tertiary/aromatic N) is 3. The van der Waals surface area contributed by atoms with Gasteiger partial charge in [0.25, 0.3) is 0 Å². The van der Waals surface area contributed by atoms with E-state index in [1.165, 1.54) is 11.1 Å². The minimum absolute atomic E-state index is 0.175. The molecule has 3 unspecified atom stereocenters. The van der Waals surface area contributed by atoms with E-state index >= 15 is 0 Å². The van der Waals surface area contributed by atoms with Crippen molar-refractivity contribution in [2.75, 3.05) is 13.1 Å². The fourth-order valence-corrected chi connectivity index (χ4v) is 4.96. The zero-order valence-corrected chi connectivity index (χ0v) is 18.7. The van der Waals surface area contributed by atoms with Gasteiger partial charge in [-0.15, -0.1) is 0 Å². The third-order valence-electron chi connectivity index (χ3n) is 7.01. The lowest BCUT2D eigenvalue weighted by Gasteiger charge is -2.42. The molecule has 1 aliphatic heterocycles. The number of piperidine rings is 1. The first-order valence-corrected chi connectivity index (χ1v) is 11.2. The van der Waals surface area contributed by atoms with Gasteiger partial charge >= 0.3 is 0 Å². The molecule has 1 aliphatic rings. The molecule has 0 amide bonds. The topological polar surface area (TPSA) is 88.3 Å². The molecule has 1 aromatic heterocycles. The average Bonchev–Trinajstić information content (AvgIpc) is 3.29. The third kappa shape index (κ3) is 4.44. The number of rotatable bonds is 6. The number of benzene rings is 2. The summed E-state index contributed by atoms with van der Waals surface area (Å²) in [5.74, 6) is 1.26. The van der Waals surface area contributed by atoms with Gasteiger partial charge in [0.2, 0.25) is 0 Å². The second-order valence-corrected chi connectivity index (χ2v) is 8.99. The maximum absolute atomic E-state index is 10.4. The van der Waals surface area contributed by atoms with Crippen molar-refractivity contribution in [3.05, 3.63) is 88.5 Å². The molecule has 1 fully saturated rings. The van der Waals surface area contributed by atoms with Gasteiger partial charge in [-0.3, -0.25) is 0 Å². The quantitative estimate of drug-likeness (QED) is 0.604. The Bertz CT molecular complexity index is 1150. The SMILES string of the molecule is Cc1ccccc1CC1(C#N)CCNCC1C(C)c1cnc(Cc2ccc(C#N)cc2)[nH]1. The van der Waals surface area contributed by atoms with Crippen molar-refractivity contribution in [3.63, 3.8) is 0 Å². The maximum atomic E-state index is 10.4. The minimum atomic E-state index is -0.408. The van der Waals surface area contributed by atoms with Crippen molar-refractivity contribution in [2.24, 2.45) is 11.3 Å². The van der Waals surface area contributed by atoms with Crippen LogP contribution >= 0.6 is 0 Å². The van der Waals surface area contributed by atoms with Crippen molar-refractivity contribution in [2.45, 2.75) is 39.0 Å². The highest BCUT2D eigenvalue weighted by molar-refractivity contribution is 5.33. The predicted octanol–water partition coefficient (Wildman–Crippen LogP) is 4.65. The molecule has 5 heteroatoms. The Morgan fingerprint density at radius 3 is 2.66 bits per heavy atom. The summed E-state index contributed by atoms with van der Waals surface area (Å²) in [7, 11) is 0. The second kappa shape index (κ2) is 9.39. The Kier molecular flexibility index (Phi) is 6.40. The normalized spacial score (nSPS) is 21.4. The molecule has 162 valence electrons. The molecule has 2 aromatic carbocycles. The summed E-state index contributed by atoms with van der Waals surface area (Å²) in [5, 5.41) is 22.9. The molecule has 3 atom stereocenters. The van der Waals surface area contributed by atoms with Gasteiger partial charge in [-0.05, 0) is 61.1 Å². The molecule has 0 saturated carbocycles. The summed E-state index contributed by atoms with van der Waals surface area (Å²) in [6.45, 7) is 6.03. The van der Waals surface area contributed by atoms with E-state index in [0.29, 0.717) is 12.0 Å². The van der Waals surface area contributed by atoms with E-state index in [1.54, 1.807) is 0 Å². The summed E-state index contributed by atoms with van der Waals surface area (Å²) in [5.41, 5.74) is 4.95. The van der Waals surface area contributed by atoms with Crippen LogP contribution in [0.5, 0.6) is 0 Å². The van der Waals surface area contributed by atoms with Crippen molar-refractivity contribution >= 4 is 0 Å². The van der Waals surface area contributed by atoms with E-state index in [9.17, 15) is 5.26 Å². The number of aryl methyl sites for hydroxylation is 1. The predicted molar refractivity (Wildman–Crippen MR) is 125 cm³/mol. The van der Waals surface area contributed by atoms with Crippen LogP contribution in [-0.2, 0) is 12.8 Å². The second-order valence-electron chi connectivity index (χ2n) is 8.99. The first-order valence-electron chi connectivity index (χ1n) is 11.2. The van der Waals surface area contributed by atoms with Crippen LogP contribution in [-0.4, -0.2) is 23.1 Å². The van der Waals surface area contributed by atoms with Gasteiger partial charge in [0, 0.05) is 30.8 Å². The number of nitriles is 2. The van der Waals surface area contributed by atoms with E-state index in [-0.39, 0.29) is 11.8 Å². The standard InChI is InChI=1S/C27H29N5/c1-19-5-3-4-6-23(19)14-27(18-29)11-12-30-16-24(27)20(2)25-17-31-26(32-25)13-21-7-9-22(15-28)10-8-21/h3-10,17,20,24,30H,11-14,16H2,1-2H3,(H,31,32). The van der Waals surface area contributed by atoms with Gasteiger partial charge in [0.1, 0.15) is 5.82 Å². The fourth-order valence-electron chi connectivity index (χ4n) is 4.96. The van der Waals surface area contributed by atoms with Gasteiger partial charge in [-0.25, -0.2) is 4.98 Å². The first-order chi connectivity index (χ1) is 15.5. The summed E-state index contributed by atoms with van der Waals surface area (Å²) in [6, 6.07) is 20.9. The molecule has 0 aliphatic carbocycles. The van der Waals surface area contributed by atoms with Gasteiger partial charge in [-0.1, -0.05) is 43.3 Å². The largest absolute Gasteiger partial charge is 0.345 e. The molecule has 5 nitrogen and oxygen atoms in total. The van der Waals surface area contributed by atoms with E-state index < -0.39 is 5.41 Å². The summed E-state index contributed by atoms with van der Waals surface area (Å²) in [6.07, 6.45) is 4.24. The number of H-pyrrole nitrogens is 1. The number of aromatic nitrogens is 2. The average molecular weight is 424 g/mol. The van der Waals surface area contributed by atoms with Crippen LogP contribution in [0.1, 0.15) is 53.0 Å². The molecule has 2 N–H and O–H groups in total. The van der Waals surface area contributed by atoms with Crippen molar-refractivity contribution in [1.29, 1.82) is 10.5 Å². The van der Waals surface area contributed by atoms with E-state index in [2.05, 4.69) is 65.5 Å². The number of nitrogens with one attached hydrogen (secondary N) is 2. The van der Waals surface area contributed by atoms with Crippen LogP contribution in [0.3, 0.4) is 0 Å². The minimum Gasteiger partial charge on any atom is -0.345 e. The van der Waals surface area contributed by atoms with Crippen molar-refractivity contribution < 1.29 is 0 Å². The summed E-state index contributed by atoms with van der Waals surface area (Å²) < 4.78 is 0. The van der Waals surface area contributed by atoms with E-state index in [4.69, 9.17) is 5.26 Å². The molecular formula is C27H29N5. The molecule has 0 spiro atoms. The van der Waals surface area contributed by atoms with Crippen LogP contribution in [0.2, 0.25) is 0 Å². The number of aromatic amines is 1. The van der Waals surface area contributed by atoms with Crippen LogP contribution in [0.15, 0.2) is 54.7 Å². The monoisotopic (exact) mass is 423 g/mol. The Labute approximate surface area is 190 Å². The smallest absolute Gasteiger partial charge is 0.110 e. The summed E-state index contributed by atoms with van der Waals surface area (Å²) in [4.78, 5) is 8.13. The zero-order valence-electron chi connectivity index (χ0n) is 18.7. The van der Waals surface area contributed by atoms with Gasteiger partial charge in [-0.2, -0.15) is 10.5 Å². The lowest BCUT2D eigenvalue weighted by molar-refractivity contribution is 0.148. The highest BCUT2D eigenvalue weighted by Gasteiger charge is 2.44. The van der Waals surface area contributed by atoms with Gasteiger partial charge in [0.05, 0.1) is 23.1 Å². The van der Waals surface area contributed by atoms with E-state index in [1.807, 2.05) is 30.5 Å². The lowest BCUT2D eigenvalue weighted by Crippen LogP contribution is -2.48. The third-order valence-corrected chi connectivity index (χ3v) is 7.01. The summed E-state index contributed by atoms with van der Waals surface area (Å²) >= 11 is 0. The highest BCUT2D eigenvalue weighted by Crippen LogP contribution is 2.44. The number of imidazole rings is 1. The van der Waals surface area contributed by atoms with E-state index in [0.717, 1.165) is 43.0 Å². The number of hydrogen-bond donors (Lipinski definition) is 2. The Hall–Kier alpha value is -3.41. The van der Waals surface area contributed by atoms with Crippen LogP contribution in [0, 0.1) is 40.9 Å². The molecular weight excluding hydrogens is 394 g/mol. The van der Waals surface area contributed by atoms with Gasteiger partial charge < -0.3 is 10.3 Å². The molecule has 3 aromatic rings. The molecule has 4 rings (SSSR count). The van der Waals surface area contributed by atoms with Crippen LogP contribution in [0.4, 0.5) is 0 Å². The molecule has 2 heterocycles. The lowest BCUT2D eigenvalue weighted by atomic mass is 9.63. The molecule has 32 heavy (non-hydrogen) atoms. The highest BCUT2D eigenvalue weighted by atomic mass is 14.9. The Morgan fingerprint density at radius 1 is 1.16 bits per heavy atom. The zero-order chi connectivity index (χ0) is 22.6. The molecule has 0 radical (unpaired) electrons. The molecule has 1 saturated heterocycles. The van der Waals surface area contributed by atoms with Crippen molar-refractivity contribution in [3.8, 4) is 12.1 Å². The number of hydrogen-bond acceptors (Lipinski definition) is 4. The van der Waals surface area contributed by atoms with Crippen LogP contribution < -0.4 is 5.32 Å².